The van der Waals surface area contributed by atoms with Crippen molar-refractivity contribution < 1.29 is 4.79 Å². The Balaban J connectivity index is 2.31. The van der Waals surface area contributed by atoms with Crippen molar-refractivity contribution in [3.8, 4) is 0 Å². The molecule has 1 fully saturated rings. The molecule has 0 aromatic rings. The lowest BCUT2D eigenvalue weighted by molar-refractivity contribution is -0.121. The second-order valence-corrected chi connectivity index (χ2v) is 5.32. The van der Waals surface area contributed by atoms with Crippen LogP contribution in [0.4, 0.5) is 0 Å². The average Bonchev–Trinajstić information content (AvgIpc) is 2.69. The maximum Gasteiger partial charge on any atom is 0.233 e. The van der Waals surface area contributed by atoms with Crippen LogP contribution in [0, 0.1) is 5.92 Å². The number of hydrogen-bond donors (Lipinski definition) is 1. The highest BCUT2D eigenvalue weighted by Crippen LogP contribution is 2.27. The van der Waals surface area contributed by atoms with Gasteiger partial charge < -0.3 is 5.32 Å². The molecule has 0 radical (unpaired) electrons. The molecule has 2 atom stereocenters. The van der Waals surface area contributed by atoms with E-state index in [4.69, 9.17) is 0 Å². The second kappa shape index (κ2) is 5.74. The van der Waals surface area contributed by atoms with E-state index in [2.05, 4.69) is 28.2 Å². The minimum atomic E-state index is -0.0219. The van der Waals surface area contributed by atoms with Crippen molar-refractivity contribution in [2.24, 2.45) is 5.92 Å². The molecule has 3 heteroatoms. The number of carbonyl (C=O) groups excluding carboxylic acids is 1. The Bertz CT molecular complexity index is 190. The van der Waals surface area contributed by atoms with Crippen molar-refractivity contribution in [1.82, 2.24) is 5.32 Å². The molecule has 2 nitrogen and oxygen atoms in total. The van der Waals surface area contributed by atoms with Crippen molar-refractivity contribution in [2.45, 2.75) is 56.8 Å². The number of alkyl halides is 1. The summed E-state index contributed by atoms with van der Waals surface area (Å²) in [4.78, 5) is 11.6. The fraction of sp³-hybridized carbons (Fsp3) is 0.909. The van der Waals surface area contributed by atoms with Gasteiger partial charge in [-0.15, -0.1) is 0 Å². The Morgan fingerprint density at radius 2 is 2.07 bits per heavy atom. The fourth-order valence-electron chi connectivity index (χ4n) is 2.08. The Morgan fingerprint density at radius 3 is 2.57 bits per heavy atom. The Hall–Kier alpha value is -0.0500. The van der Waals surface area contributed by atoms with Crippen LogP contribution in [0.25, 0.3) is 0 Å². The van der Waals surface area contributed by atoms with Crippen LogP contribution in [0.2, 0.25) is 0 Å². The van der Waals surface area contributed by atoms with Gasteiger partial charge in [-0.25, -0.2) is 0 Å². The summed E-state index contributed by atoms with van der Waals surface area (Å²) in [6.45, 7) is 4.14. The highest BCUT2D eigenvalue weighted by Gasteiger charge is 2.24. The lowest BCUT2D eigenvalue weighted by Gasteiger charge is -2.21. The molecule has 1 rings (SSSR count). The summed E-state index contributed by atoms with van der Waals surface area (Å²) in [6.07, 6.45) is 6.07. The number of nitrogens with one attached hydrogen (secondary N) is 1. The predicted molar refractivity (Wildman–Crippen MR) is 62.6 cm³/mol. The zero-order valence-corrected chi connectivity index (χ0v) is 10.6. The average molecular weight is 262 g/mol. The molecule has 0 aromatic carbocycles. The molecule has 0 saturated heterocycles. The van der Waals surface area contributed by atoms with Gasteiger partial charge in [0.05, 0.1) is 4.83 Å². The Labute approximate surface area is 95.0 Å². The van der Waals surface area contributed by atoms with Crippen LogP contribution in [-0.4, -0.2) is 16.8 Å². The number of carbonyl (C=O) groups is 1. The molecular weight excluding hydrogens is 242 g/mol. The summed E-state index contributed by atoms with van der Waals surface area (Å²) in [5, 5.41) is 3.09. The summed E-state index contributed by atoms with van der Waals surface area (Å²) < 4.78 is 0. The van der Waals surface area contributed by atoms with Crippen molar-refractivity contribution in [1.29, 1.82) is 0 Å². The summed E-state index contributed by atoms with van der Waals surface area (Å²) >= 11 is 3.37. The van der Waals surface area contributed by atoms with E-state index in [1.165, 1.54) is 25.7 Å². The molecule has 0 heterocycles. The third-order valence-electron chi connectivity index (χ3n) is 3.12. The number of halogens is 1. The standard InChI is InChI=1S/C11H20BrNO/c1-3-10(12)11(14)13-8(2)9-6-4-5-7-9/h8-10H,3-7H2,1-2H3,(H,13,14). The normalized spacial score (nSPS) is 21.9. The summed E-state index contributed by atoms with van der Waals surface area (Å²) in [6, 6.07) is 0.344. The van der Waals surface area contributed by atoms with Gasteiger partial charge in [-0.3, -0.25) is 4.79 Å². The SMILES string of the molecule is CCC(Br)C(=O)NC(C)C1CCCC1. The predicted octanol–water partition coefficient (Wildman–Crippen LogP) is 2.85. The quantitative estimate of drug-likeness (QED) is 0.775. The molecule has 14 heavy (non-hydrogen) atoms. The van der Waals surface area contributed by atoms with Gasteiger partial charge >= 0.3 is 0 Å². The third kappa shape index (κ3) is 3.26. The van der Waals surface area contributed by atoms with E-state index in [0.29, 0.717) is 12.0 Å². The maximum atomic E-state index is 11.6. The zero-order chi connectivity index (χ0) is 10.6. The number of hydrogen-bond acceptors (Lipinski definition) is 1. The molecule has 0 spiro atoms. The first-order valence-electron chi connectivity index (χ1n) is 5.59. The van der Waals surface area contributed by atoms with Gasteiger partial charge in [-0.2, -0.15) is 0 Å². The monoisotopic (exact) mass is 261 g/mol. The lowest BCUT2D eigenvalue weighted by Crippen LogP contribution is -2.40. The molecule has 1 saturated carbocycles. The van der Waals surface area contributed by atoms with Gasteiger partial charge in [0.25, 0.3) is 0 Å². The smallest absolute Gasteiger partial charge is 0.233 e. The first-order chi connectivity index (χ1) is 6.65. The molecule has 2 unspecified atom stereocenters. The van der Waals surface area contributed by atoms with Crippen molar-refractivity contribution in [3.05, 3.63) is 0 Å². The van der Waals surface area contributed by atoms with Crippen LogP contribution in [0.15, 0.2) is 0 Å². The molecule has 1 aliphatic rings. The van der Waals surface area contributed by atoms with Crippen LogP contribution in [0.1, 0.15) is 46.0 Å². The largest absolute Gasteiger partial charge is 0.352 e. The number of rotatable bonds is 4. The third-order valence-corrected chi connectivity index (χ3v) is 4.18. The van der Waals surface area contributed by atoms with Gasteiger partial charge in [-0.05, 0) is 32.1 Å². The van der Waals surface area contributed by atoms with E-state index in [1.54, 1.807) is 0 Å². The summed E-state index contributed by atoms with van der Waals surface area (Å²) in [5.74, 6) is 0.849. The van der Waals surface area contributed by atoms with Crippen molar-refractivity contribution >= 4 is 21.8 Å². The summed E-state index contributed by atoms with van der Waals surface area (Å²) in [5.41, 5.74) is 0. The first kappa shape index (κ1) is 12.0. The Morgan fingerprint density at radius 1 is 1.50 bits per heavy atom. The van der Waals surface area contributed by atoms with Crippen LogP contribution in [-0.2, 0) is 4.79 Å². The molecular formula is C11H20BrNO. The maximum absolute atomic E-state index is 11.6. The zero-order valence-electron chi connectivity index (χ0n) is 9.05. The van der Waals surface area contributed by atoms with Crippen molar-refractivity contribution in [2.75, 3.05) is 0 Å². The molecule has 0 bridgehead atoms. The number of amides is 1. The van der Waals surface area contributed by atoms with Crippen LogP contribution in [0.5, 0.6) is 0 Å². The van der Waals surface area contributed by atoms with Crippen LogP contribution >= 0.6 is 15.9 Å². The minimum Gasteiger partial charge on any atom is -0.352 e. The van der Waals surface area contributed by atoms with E-state index in [0.717, 1.165) is 6.42 Å². The Kier molecular flexibility index (Phi) is 4.93. The van der Waals surface area contributed by atoms with Gasteiger partial charge in [0.1, 0.15) is 0 Å². The van der Waals surface area contributed by atoms with E-state index < -0.39 is 0 Å². The summed E-state index contributed by atoms with van der Waals surface area (Å²) in [7, 11) is 0. The first-order valence-corrected chi connectivity index (χ1v) is 6.51. The van der Waals surface area contributed by atoms with Gasteiger partial charge in [0, 0.05) is 6.04 Å². The molecule has 1 amide bonds. The van der Waals surface area contributed by atoms with E-state index in [-0.39, 0.29) is 10.7 Å². The van der Waals surface area contributed by atoms with E-state index in [1.807, 2.05) is 6.92 Å². The van der Waals surface area contributed by atoms with Crippen LogP contribution in [0.3, 0.4) is 0 Å². The van der Waals surface area contributed by atoms with Crippen LogP contribution < -0.4 is 5.32 Å². The lowest BCUT2D eigenvalue weighted by atomic mass is 10.00. The topological polar surface area (TPSA) is 29.1 Å². The fourth-order valence-corrected chi connectivity index (χ4v) is 2.21. The van der Waals surface area contributed by atoms with Gasteiger partial charge in [0.2, 0.25) is 5.91 Å². The van der Waals surface area contributed by atoms with E-state index in [9.17, 15) is 4.79 Å². The van der Waals surface area contributed by atoms with E-state index >= 15 is 0 Å². The highest BCUT2D eigenvalue weighted by atomic mass is 79.9. The molecule has 1 N–H and O–H groups in total. The van der Waals surface area contributed by atoms with Gasteiger partial charge in [0.15, 0.2) is 0 Å². The minimum absolute atomic E-state index is 0.0219. The second-order valence-electron chi connectivity index (χ2n) is 4.22. The highest BCUT2D eigenvalue weighted by molar-refractivity contribution is 9.10. The molecule has 1 aliphatic carbocycles. The molecule has 0 aromatic heterocycles. The molecule has 82 valence electrons. The van der Waals surface area contributed by atoms with Crippen molar-refractivity contribution in [3.63, 3.8) is 0 Å². The molecule has 0 aliphatic heterocycles. The van der Waals surface area contributed by atoms with Gasteiger partial charge in [-0.1, -0.05) is 35.7 Å².